The molecule has 1 heterocycles. The number of carbonyl (C=O) groups is 2. The molecule has 0 spiro atoms. The smallest absolute Gasteiger partial charge is 0.315 e. The SMILES string of the molecule is C[C@@H](NC(=O)NCc1ccc(C(N)=O)cc1)c1ccc2c(c1)OCO2. The van der Waals surface area contributed by atoms with E-state index in [1.807, 2.05) is 25.1 Å². The number of urea groups is 1. The molecule has 0 saturated carbocycles. The van der Waals surface area contributed by atoms with E-state index in [9.17, 15) is 9.59 Å². The Labute approximate surface area is 145 Å². The Bertz CT molecular complexity index is 789. The van der Waals surface area contributed by atoms with Gasteiger partial charge < -0.3 is 25.8 Å². The highest BCUT2D eigenvalue weighted by Gasteiger charge is 2.16. The second kappa shape index (κ2) is 7.12. The molecular formula is C18H19N3O4. The molecule has 0 bridgehead atoms. The number of primary amides is 1. The zero-order chi connectivity index (χ0) is 17.8. The number of ether oxygens (including phenoxy) is 2. The summed E-state index contributed by atoms with van der Waals surface area (Å²) in [6.07, 6.45) is 0. The van der Waals surface area contributed by atoms with Crippen molar-refractivity contribution in [2.75, 3.05) is 6.79 Å². The van der Waals surface area contributed by atoms with Crippen molar-refractivity contribution in [3.8, 4) is 11.5 Å². The van der Waals surface area contributed by atoms with Crippen LogP contribution in [-0.2, 0) is 6.54 Å². The zero-order valence-electron chi connectivity index (χ0n) is 13.7. The van der Waals surface area contributed by atoms with E-state index in [2.05, 4.69) is 10.6 Å². The summed E-state index contributed by atoms with van der Waals surface area (Å²) in [7, 11) is 0. The van der Waals surface area contributed by atoms with Crippen molar-refractivity contribution >= 4 is 11.9 Å². The number of rotatable bonds is 5. The van der Waals surface area contributed by atoms with E-state index in [1.54, 1.807) is 24.3 Å². The lowest BCUT2D eigenvalue weighted by Gasteiger charge is -2.15. The topological polar surface area (TPSA) is 103 Å². The Balaban J connectivity index is 1.52. The van der Waals surface area contributed by atoms with Crippen molar-refractivity contribution in [1.82, 2.24) is 10.6 Å². The van der Waals surface area contributed by atoms with E-state index in [1.165, 1.54) is 0 Å². The van der Waals surface area contributed by atoms with Crippen LogP contribution in [0.1, 0.15) is 34.5 Å². The van der Waals surface area contributed by atoms with Gasteiger partial charge in [0.05, 0.1) is 6.04 Å². The molecule has 2 aromatic carbocycles. The van der Waals surface area contributed by atoms with Crippen molar-refractivity contribution in [1.29, 1.82) is 0 Å². The number of nitrogens with one attached hydrogen (secondary N) is 2. The molecule has 2 aromatic rings. The standard InChI is InChI=1S/C18H19N3O4/c1-11(14-6-7-15-16(8-14)25-10-24-15)21-18(23)20-9-12-2-4-13(5-3-12)17(19)22/h2-8,11H,9-10H2,1H3,(H2,19,22)(H2,20,21,23)/t11-/m1/s1. The van der Waals surface area contributed by atoms with Gasteiger partial charge in [-0.2, -0.15) is 0 Å². The molecule has 4 N–H and O–H groups in total. The van der Waals surface area contributed by atoms with Crippen LogP contribution in [0.15, 0.2) is 42.5 Å². The highest BCUT2D eigenvalue weighted by Crippen LogP contribution is 2.34. The first-order chi connectivity index (χ1) is 12.0. The van der Waals surface area contributed by atoms with Crippen LogP contribution in [0.4, 0.5) is 4.79 Å². The molecule has 3 rings (SSSR count). The molecule has 1 aliphatic rings. The first kappa shape index (κ1) is 16.6. The van der Waals surface area contributed by atoms with Crippen molar-refractivity contribution in [3.05, 3.63) is 59.2 Å². The van der Waals surface area contributed by atoms with Crippen LogP contribution in [0.25, 0.3) is 0 Å². The van der Waals surface area contributed by atoms with Crippen molar-refractivity contribution in [2.24, 2.45) is 5.73 Å². The number of hydrogen-bond donors (Lipinski definition) is 3. The summed E-state index contributed by atoms with van der Waals surface area (Å²) in [5, 5.41) is 5.65. The first-order valence-electron chi connectivity index (χ1n) is 7.85. The largest absolute Gasteiger partial charge is 0.454 e. The molecule has 0 aromatic heterocycles. The minimum Gasteiger partial charge on any atom is -0.454 e. The second-order valence-corrected chi connectivity index (χ2v) is 5.72. The van der Waals surface area contributed by atoms with Gasteiger partial charge in [-0.15, -0.1) is 0 Å². The fourth-order valence-electron chi connectivity index (χ4n) is 2.48. The van der Waals surface area contributed by atoms with Gasteiger partial charge in [-0.05, 0) is 42.3 Å². The third-order valence-corrected chi connectivity index (χ3v) is 3.94. The van der Waals surface area contributed by atoms with Gasteiger partial charge >= 0.3 is 6.03 Å². The quantitative estimate of drug-likeness (QED) is 0.774. The average Bonchev–Trinajstić information content (AvgIpc) is 3.08. The van der Waals surface area contributed by atoms with Crippen molar-refractivity contribution in [2.45, 2.75) is 19.5 Å². The number of fused-ring (bicyclic) bond motifs is 1. The molecule has 7 nitrogen and oxygen atoms in total. The van der Waals surface area contributed by atoms with E-state index in [0.29, 0.717) is 23.6 Å². The van der Waals surface area contributed by atoms with Crippen LogP contribution >= 0.6 is 0 Å². The lowest BCUT2D eigenvalue weighted by molar-refractivity contribution is 0.1000. The van der Waals surface area contributed by atoms with Crippen LogP contribution < -0.4 is 25.8 Å². The average molecular weight is 341 g/mol. The predicted molar refractivity (Wildman–Crippen MR) is 91.3 cm³/mol. The molecule has 130 valence electrons. The summed E-state index contributed by atoms with van der Waals surface area (Å²) >= 11 is 0. The van der Waals surface area contributed by atoms with E-state index in [0.717, 1.165) is 11.1 Å². The molecule has 0 fully saturated rings. The van der Waals surface area contributed by atoms with Gasteiger partial charge in [-0.3, -0.25) is 4.79 Å². The Morgan fingerprint density at radius 3 is 2.56 bits per heavy atom. The Kier molecular flexibility index (Phi) is 4.74. The maximum atomic E-state index is 12.1. The highest BCUT2D eigenvalue weighted by atomic mass is 16.7. The monoisotopic (exact) mass is 341 g/mol. The number of carbonyl (C=O) groups excluding carboxylic acids is 2. The van der Waals surface area contributed by atoms with Gasteiger partial charge in [0, 0.05) is 12.1 Å². The van der Waals surface area contributed by atoms with Crippen molar-refractivity contribution in [3.63, 3.8) is 0 Å². The highest BCUT2D eigenvalue weighted by molar-refractivity contribution is 5.92. The summed E-state index contributed by atoms with van der Waals surface area (Å²) in [4.78, 5) is 23.1. The maximum Gasteiger partial charge on any atom is 0.315 e. The molecular weight excluding hydrogens is 322 g/mol. The third-order valence-electron chi connectivity index (χ3n) is 3.94. The van der Waals surface area contributed by atoms with Crippen LogP contribution in [0.3, 0.4) is 0 Å². The van der Waals surface area contributed by atoms with Crippen LogP contribution in [0, 0.1) is 0 Å². The fourth-order valence-corrected chi connectivity index (χ4v) is 2.48. The minimum atomic E-state index is -0.477. The van der Waals surface area contributed by atoms with E-state index in [4.69, 9.17) is 15.2 Å². The predicted octanol–water partition coefficient (Wildman–Crippen LogP) is 2.07. The molecule has 0 saturated heterocycles. The van der Waals surface area contributed by atoms with Crippen LogP contribution in [-0.4, -0.2) is 18.7 Å². The Hall–Kier alpha value is -3.22. The van der Waals surface area contributed by atoms with Gasteiger partial charge in [0.25, 0.3) is 0 Å². The van der Waals surface area contributed by atoms with E-state index in [-0.39, 0.29) is 18.9 Å². The molecule has 0 radical (unpaired) electrons. The van der Waals surface area contributed by atoms with Gasteiger partial charge in [-0.25, -0.2) is 4.79 Å². The lowest BCUT2D eigenvalue weighted by atomic mass is 10.1. The van der Waals surface area contributed by atoms with Gasteiger partial charge in [0.1, 0.15) is 0 Å². The van der Waals surface area contributed by atoms with Crippen LogP contribution in [0.2, 0.25) is 0 Å². The summed E-state index contributed by atoms with van der Waals surface area (Å²) in [5.41, 5.74) is 7.42. The molecule has 25 heavy (non-hydrogen) atoms. The number of amides is 3. The molecule has 7 heteroatoms. The summed E-state index contributed by atoms with van der Waals surface area (Å²) in [5.74, 6) is 0.913. The number of nitrogens with two attached hydrogens (primary N) is 1. The fraction of sp³-hybridized carbons (Fsp3) is 0.222. The third kappa shape index (κ3) is 4.00. The molecule has 3 amide bonds. The molecule has 0 aliphatic carbocycles. The van der Waals surface area contributed by atoms with E-state index < -0.39 is 5.91 Å². The summed E-state index contributed by atoms with van der Waals surface area (Å²) in [6.45, 7) is 2.45. The second-order valence-electron chi connectivity index (χ2n) is 5.72. The van der Waals surface area contributed by atoms with E-state index >= 15 is 0 Å². The minimum absolute atomic E-state index is 0.188. The van der Waals surface area contributed by atoms with Gasteiger partial charge in [0.15, 0.2) is 11.5 Å². The van der Waals surface area contributed by atoms with Gasteiger partial charge in [0.2, 0.25) is 12.7 Å². The molecule has 1 atom stereocenters. The lowest BCUT2D eigenvalue weighted by Crippen LogP contribution is -2.36. The summed E-state index contributed by atoms with van der Waals surface area (Å²) < 4.78 is 10.6. The Morgan fingerprint density at radius 1 is 1.12 bits per heavy atom. The number of hydrogen-bond acceptors (Lipinski definition) is 4. The molecule has 1 aliphatic heterocycles. The maximum absolute atomic E-state index is 12.1. The summed E-state index contributed by atoms with van der Waals surface area (Å²) in [6, 6.07) is 11.9. The van der Waals surface area contributed by atoms with Crippen LogP contribution in [0.5, 0.6) is 11.5 Å². The van der Waals surface area contributed by atoms with Crippen molar-refractivity contribution < 1.29 is 19.1 Å². The molecule has 0 unspecified atom stereocenters. The van der Waals surface area contributed by atoms with Gasteiger partial charge in [-0.1, -0.05) is 18.2 Å². The number of benzene rings is 2. The first-order valence-corrected chi connectivity index (χ1v) is 7.85. The Morgan fingerprint density at radius 2 is 1.84 bits per heavy atom. The normalized spacial score (nSPS) is 13.2. The zero-order valence-corrected chi connectivity index (χ0v) is 13.7.